The summed E-state index contributed by atoms with van der Waals surface area (Å²) in [5, 5.41) is 23.9. The molecule has 14 nitrogen and oxygen atoms in total. The van der Waals surface area contributed by atoms with Crippen molar-refractivity contribution in [2.24, 2.45) is 0 Å². The Morgan fingerprint density at radius 1 is 1.06 bits per heavy atom. The number of nitrogens with zero attached hydrogens (tertiary/aromatic N) is 3. The van der Waals surface area contributed by atoms with Crippen molar-refractivity contribution in [3.63, 3.8) is 0 Å². The summed E-state index contributed by atoms with van der Waals surface area (Å²) in [6.45, 7) is 0. The van der Waals surface area contributed by atoms with Crippen molar-refractivity contribution in [1.82, 2.24) is 9.97 Å². The van der Waals surface area contributed by atoms with E-state index >= 15 is 0 Å². The standard InChI is InChI=1S/C19H13N5O9/c1-33-19(28)14(16(25)18(27)20-9-3-2-4-10(7-9)23(29)30)15-17(26)22-13-8-11(24(31)32)5-6-12(13)21-15/h2-8,14H,1H3,(H,20,27)(H,22,26)/t14-/m0/s1. The van der Waals surface area contributed by atoms with Crippen LogP contribution in [0.3, 0.4) is 0 Å². The quantitative estimate of drug-likeness (QED) is 0.171. The Balaban J connectivity index is 2.00. The number of methoxy groups -OCH3 is 1. The molecule has 1 aromatic heterocycles. The molecule has 1 atom stereocenters. The number of aromatic amines is 1. The van der Waals surface area contributed by atoms with E-state index in [1.165, 1.54) is 18.2 Å². The van der Waals surface area contributed by atoms with Gasteiger partial charge in [0, 0.05) is 30.0 Å². The molecule has 0 spiro atoms. The molecule has 1 amide bonds. The second-order valence-electron chi connectivity index (χ2n) is 6.49. The zero-order chi connectivity index (χ0) is 24.3. The minimum atomic E-state index is -2.06. The summed E-state index contributed by atoms with van der Waals surface area (Å²) in [5.41, 5.74) is -2.52. The average molecular weight is 455 g/mol. The number of non-ortho nitro benzene ring substituents is 2. The van der Waals surface area contributed by atoms with Crippen molar-refractivity contribution < 1.29 is 29.0 Å². The van der Waals surface area contributed by atoms with Gasteiger partial charge in [-0.2, -0.15) is 0 Å². The molecule has 33 heavy (non-hydrogen) atoms. The van der Waals surface area contributed by atoms with Crippen LogP contribution in [0.15, 0.2) is 47.3 Å². The molecule has 0 aliphatic carbocycles. The van der Waals surface area contributed by atoms with Crippen LogP contribution in [0.25, 0.3) is 11.0 Å². The number of esters is 1. The highest BCUT2D eigenvalue weighted by atomic mass is 16.6. The number of amides is 1. The van der Waals surface area contributed by atoms with Crippen LogP contribution in [0.4, 0.5) is 17.1 Å². The van der Waals surface area contributed by atoms with Crippen LogP contribution in [0, 0.1) is 20.2 Å². The Kier molecular flexibility index (Phi) is 6.19. The van der Waals surface area contributed by atoms with E-state index in [-0.39, 0.29) is 28.1 Å². The van der Waals surface area contributed by atoms with Gasteiger partial charge >= 0.3 is 5.97 Å². The minimum absolute atomic E-state index is 0.0102. The van der Waals surface area contributed by atoms with Gasteiger partial charge in [-0.3, -0.25) is 39.4 Å². The largest absolute Gasteiger partial charge is 0.468 e. The first-order valence-electron chi connectivity index (χ1n) is 8.98. The van der Waals surface area contributed by atoms with Crippen LogP contribution in [-0.4, -0.2) is 44.6 Å². The highest BCUT2D eigenvalue weighted by Crippen LogP contribution is 2.21. The molecule has 2 aromatic carbocycles. The lowest BCUT2D eigenvalue weighted by Crippen LogP contribution is -2.37. The van der Waals surface area contributed by atoms with E-state index in [0.29, 0.717) is 0 Å². The van der Waals surface area contributed by atoms with Gasteiger partial charge in [-0.1, -0.05) is 6.07 Å². The number of Topliss-reactive ketones (excluding diaryl/α,β-unsaturated/α-hetero) is 1. The van der Waals surface area contributed by atoms with Gasteiger partial charge in [-0.05, 0) is 12.1 Å². The number of rotatable bonds is 7. The van der Waals surface area contributed by atoms with E-state index in [1.54, 1.807) is 0 Å². The number of benzene rings is 2. The Hall–Kier alpha value is -5.01. The third-order valence-corrected chi connectivity index (χ3v) is 4.42. The van der Waals surface area contributed by atoms with Gasteiger partial charge in [0.1, 0.15) is 5.69 Å². The molecule has 0 radical (unpaired) electrons. The summed E-state index contributed by atoms with van der Waals surface area (Å²) in [6.07, 6.45) is 0. The van der Waals surface area contributed by atoms with Crippen LogP contribution in [0.5, 0.6) is 0 Å². The number of H-pyrrole nitrogens is 1. The highest BCUT2D eigenvalue weighted by molar-refractivity contribution is 6.45. The summed E-state index contributed by atoms with van der Waals surface area (Å²) >= 11 is 0. The molecule has 0 saturated carbocycles. The van der Waals surface area contributed by atoms with Crippen LogP contribution in [0.2, 0.25) is 0 Å². The fourth-order valence-electron chi connectivity index (χ4n) is 2.88. The molecule has 0 saturated heterocycles. The Morgan fingerprint density at radius 3 is 2.36 bits per heavy atom. The van der Waals surface area contributed by atoms with E-state index in [2.05, 4.69) is 20.0 Å². The monoisotopic (exact) mass is 455 g/mol. The topological polar surface area (TPSA) is 204 Å². The number of anilines is 1. The van der Waals surface area contributed by atoms with Crippen molar-refractivity contribution in [1.29, 1.82) is 0 Å². The molecular formula is C19H13N5O9. The lowest BCUT2D eigenvalue weighted by atomic mass is 9.99. The molecule has 0 unspecified atom stereocenters. The van der Waals surface area contributed by atoms with Crippen molar-refractivity contribution in [2.75, 3.05) is 12.4 Å². The molecule has 14 heteroatoms. The van der Waals surface area contributed by atoms with Gasteiger partial charge in [0.2, 0.25) is 5.78 Å². The van der Waals surface area contributed by atoms with Crippen molar-refractivity contribution in [3.8, 4) is 0 Å². The summed E-state index contributed by atoms with van der Waals surface area (Å²) < 4.78 is 4.55. The Bertz CT molecular complexity index is 1380. The van der Waals surface area contributed by atoms with Crippen LogP contribution >= 0.6 is 0 Å². The SMILES string of the molecule is COC(=O)[C@H](C(=O)C(=O)Nc1cccc([N+](=O)[O-])c1)c1nc2ccc([N+](=O)[O-])cc2[nH]c1=O. The predicted molar refractivity (Wildman–Crippen MR) is 111 cm³/mol. The van der Waals surface area contributed by atoms with Crippen LogP contribution in [0.1, 0.15) is 11.6 Å². The second kappa shape index (κ2) is 9.01. The highest BCUT2D eigenvalue weighted by Gasteiger charge is 2.38. The minimum Gasteiger partial charge on any atom is -0.468 e. The lowest BCUT2D eigenvalue weighted by Gasteiger charge is -2.13. The van der Waals surface area contributed by atoms with E-state index in [4.69, 9.17) is 0 Å². The molecule has 0 fully saturated rings. The van der Waals surface area contributed by atoms with Gasteiger partial charge < -0.3 is 15.0 Å². The Morgan fingerprint density at radius 2 is 1.73 bits per heavy atom. The molecular weight excluding hydrogens is 442 g/mol. The first kappa shape index (κ1) is 22.7. The molecule has 1 heterocycles. The number of ketones is 1. The predicted octanol–water partition coefficient (Wildman–Crippen LogP) is 1.20. The van der Waals surface area contributed by atoms with E-state index in [1.807, 2.05) is 0 Å². The number of ether oxygens (including phenoxy) is 1. The number of nitro groups is 2. The smallest absolute Gasteiger partial charge is 0.323 e. The lowest BCUT2D eigenvalue weighted by molar-refractivity contribution is -0.384. The third-order valence-electron chi connectivity index (χ3n) is 4.42. The van der Waals surface area contributed by atoms with E-state index in [0.717, 1.165) is 31.4 Å². The molecule has 168 valence electrons. The summed E-state index contributed by atoms with van der Waals surface area (Å²) in [6, 6.07) is 8.03. The van der Waals surface area contributed by atoms with Gasteiger partial charge in [0.05, 0.1) is 28.0 Å². The number of hydrogen-bond donors (Lipinski definition) is 2. The van der Waals surface area contributed by atoms with Crippen LogP contribution < -0.4 is 10.9 Å². The third kappa shape index (κ3) is 4.68. The maximum Gasteiger partial charge on any atom is 0.323 e. The molecule has 2 N–H and O–H groups in total. The number of nitro benzene ring substituents is 2. The van der Waals surface area contributed by atoms with Crippen LogP contribution in [-0.2, 0) is 19.1 Å². The number of fused-ring (bicyclic) bond motifs is 1. The van der Waals surface area contributed by atoms with E-state index < -0.39 is 44.7 Å². The summed E-state index contributed by atoms with van der Waals surface area (Å²) in [7, 11) is 0.930. The number of aromatic nitrogens is 2. The zero-order valence-corrected chi connectivity index (χ0v) is 16.6. The summed E-state index contributed by atoms with van der Waals surface area (Å²) in [5.74, 6) is -6.07. The maximum atomic E-state index is 12.8. The molecule has 0 aliphatic heterocycles. The van der Waals surface area contributed by atoms with Gasteiger partial charge in [-0.15, -0.1) is 0 Å². The summed E-state index contributed by atoms with van der Waals surface area (Å²) in [4.78, 5) is 76.7. The fraction of sp³-hybridized carbons (Fsp3) is 0.105. The van der Waals surface area contributed by atoms with Gasteiger partial charge in [-0.25, -0.2) is 4.98 Å². The molecule has 0 bridgehead atoms. The fourth-order valence-corrected chi connectivity index (χ4v) is 2.88. The Labute approximate surface area is 182 Å². The van der Waals surface area contributed by atoms with Crippen molar-refractivity contribution >= 4 is 45.8 Å². The normalized spacial score (nSPS) is 11.4. The average Bonchev–Trinajstić information content (AvgIpc) is 2.78. The maximum absolute atomic E-state index is 12.8. The van der Waals surface area contributed by atoms with E-state index in [9.17, 15) is 39.4 Å². The molecule has 3 aromatic rings. The second-order valence-corrected chi connectivity index (χ2v) is 6.49. The molecule has 3 rings (SSSR count). The van der Waals surface area contributed by atoms with Gasteiger partial charge in [0.15, 0.2) is 5.92 Å². The number of carbonyl (C=O) groups excluding carboxylic acids is 3. The number of carbonyl (C=O) groups is 3. The first-order chi connectivity index (χ1) is 15.6. The van der Waals surface area contributed by atoms with Crippen molar-refractivity contribution in [3.05, 3.63) is 78.7 Å². The molecule has 0 aliphatic rings. The first-order valence-corrected chi connectivity index (χ1v) is 8.98. The van der Waals surface area contributed by atoms with Crippen molar-refractivity contribution in [2.45, 2.75) is 5.92 Å². The number of nitrogens with one attached hydrogen (secondary N) is 2. The van der Waals surface area contributed by atoms with Gasteiger partial charge in [0.25, 0.3) is 22.8 Å². The number of hydrogen-bond acceptors (Lipinski definition) is 10. The zero-order valence-electron chi connectivity index (χ0n) is 16.6.